The van der Waals surface area contributed by atoms with Gasteiger partial charge >= 0.3 is 5.97 Å². The molecule has 2 rings (SSSR count). The Morgan fingerprint density at radius 1 is 1.50 bits per heavy atom. The minimum atomic E-state index is -3.67. The summed E-state index contributed by atoms with van der Waals surface area (Å²) in [5.41, 5.74) is -1.24. The number of hydrogen-bond acceptors (Lipinski definition) is 3. The Labute approximate surface area is 108 Å². The molecule has 0 aromatic carbocycles. The highest BCUT2D eigenvalue weighted by atomic mass is 32.2. The number of carbonyl (C=O) groups is 1. The van der Waals surface area contributed by atoms with E-state index in [2.05, 4.69) is 4.72 Å². The normalized spacial score (nSPS) is 29.6. The van der Waals surface area contributed by atoms with Gasteiger partial charge in [-0.3, -0.25) is 4.79 Å². The number of aliphatic carboxylic acids is 1. The van der Waals surface area contributed by atoms with Crippen molar-refractivity contribution in [1.29, 1.82) is 0 Å². The molecular formula is C11H20N2O4S. The van der Waals surface area contributed by atoms with E-state index in [0.717, 1.165) is 12.8 Å². The maximum atomic E-state index is 12.2. The van der Waals surface area contributed by atoms with Crippen LogP contribution in [0.15, 0.2) is 0 Å². The summed E-state index contributed by atoms with van der Waals surface area (Å²) in [6.07, 6.45) is 3.73. The van der Waals surface area contributed by atoms with Crippen LogP contribution in [0.25, 0.3) is 0 Å². The van der Waals surface area contributed by atoms with Gasteiger partial charge in [-0.2, -0.15) is 17.4 Å². The van der Waals surface area contributed by atoms with Crippen LogP contribution in [0.1, 0.15) is 45.4 Å². The lowest BCUT2D eigenvalue weighted by Crippen LogP contribution is -2.56. The van der Waals surface area contributed by atoms with Crippen molar-refractivity contribution in [2.75, 3.05) is 6.54 Å². The summed E-state index contributed by atoms with van der Waals surface area (Å²) < 4.78 is 28.2. The fourth-order valence-electron chi connectivity index (χ4n) is 2.66. The number of rotatable bonds is 6. The van der Waals surface area contributed by atoms with Crippen molar-refractivity contribution >= 4 is 16.2 Å². The van der Waals surface area contributed by atoms with Gasteiger partial charge in [0.25, 0.3) is 10.2 Å². The first-order chi connectivity index (χ1) is 8.42. The standard InChI is InChI=1S/C11H20N2O4S/c1-2-6-11(10(14)15)7-3-8-13(11)18(16,17)12-9-4-5-9/h9,12H,2-8H2,1H3,(H,14,15). The molecule has 0 bridgehead atoms. The van der Waals surface area contributed by atoms with E-state index in [1.807, 2.05) is 6.92 Å². The van der Waals surface area contributed by atoms with E-state index >= 15 is 0 Å². The molecule has 104 valence electrons. The number of nitrogens with one attached hydrogen (secondary N) is 1. The van der Waals surface area contributed by atoms with Crippen molar-refractivity contribution in [3.63, 3.8) is 0 Å². The molecule has 6 nitrogen and oxygen atoms in total. The third kappa shape index (κ3) is 2.39. The van der Waals surface area contributed by atoms with Crippen molar-refractivity contribution < 1.29 is 18.3 Å². The molecule has 1 heterocycles. The molecule has 0 aromatic rings. The molecular weight excluding hydrogens is 256 g/mol. The molecule has 1 saturated heterocycles. The van der Waals surface area contributed by atoms with Gasteiger partial charge in [0.05, 0.1) is 0 Å². The lowest BCUT2D eigenvalue weighted by molar-refractivity contribution is -0.147. The summed E-state index contributed by atoms with van der Waals surface area (Å²) in [5, 5.41) is 9.44. The zero-order valence-corrected chi connectivity index (χ0v) is 11.4. The first kappa shape index (κ1) is 13.8. The molecule has 0 aromatic heterocycles. The third-order valence-corrected chi connectivity index (χ3v) is 5.42. The topological polar surface area (TPSA) is 86.7 Å². The van der Waals surface area contributed by atoms with Crippen LogP contribution in [-0.2, 0) is 15.0 Å². The van der Waals surface area contributed by atoms with Gasteiger partial charge in [0.15, 0.2) is 0 Å². The van der Waals surface area contributed by atoms with Gasteiger partial charge in [0, 0.05) is 12.6 Å². The molecule has 18 heavy (non-hydrogen) atoms. The van der Waals surface area contributed by atoms with Crippen LogP contribution in [0.4, 0.5) is 0 Å². The molecule has 1 atom stereocenters. The zero-order chi connectivity index (χ0) is 13.4. The average molecular weight is 276 g/mol. The van der Waals surface area contributed by atoms with Crippen LogP contribution in [0.2, 0.25) is 0 Å². The quantitative estimate of drug-likeness (QED) is 0.747. The highest BCUT2D eigenvalue weighted by Gasteiger charge is 2.52. The summed E-state index contributed by atoms with van der Waals surface area (Å²) in [4.78, 5) is 11.5. The number of nitrogens with zero attached hydrogens (tertiary/aromatic N) is 1. The number of hydrogen-bond donors (Lipinski definition) is 2. The lowest BCUT2D eigenvalue weighted by atomic mass is 9.92. The highest BCUT2D eigenvalue weighted by molar-refractivity contribution is 7.87. The second-order valence-electron chi connectivity index (χ2n) is 5.16. The van der Waals surface area contributed by atoms with Gasteiger partial charge in [0.2, 0.25) is 0 Å². The van der Waals surface area contributed by atoms with E-state index in [1.165, 1.54) is 4.31 Å². The van der Waals surface area contributed by atoms with Gasteiger partial charge in [-0.25, -0.2) is 0 Å². The van der Waals surface area contributed by atoms with E-state index in [4.69, 9.17) is 0 Å². The molecule has 1 aliphatic heterocycles. The average Bonchev–Trinajstić information content (AvgIpc) is 2.95. The largest absolute Gasteiger partial charge is 0.480 e. The summed E-state index contributed by atoms with van der Waals surface area (Å²) >= 11 is 0. The Kier molecular flexibility index (Phi) is 3.66. The van der Waals surface area contributed by atoms with Crippen molar-refractivity contribution in [2.24, 2.45) is 0 Å². The van der Waals surface area contributed by atoms with Crippen LogP contribution >= 0.6 is 0 Å². The van der Waals surface area contributed by atoms with E-state index in [1.54, 1.807) is 0 Å². The lowest BCUT2D eigenvalue weighted by Gasteiger charge is -2.33. The van der Waals surface area contributed by atoms with Gasteiger partial charge in [-0.15, -0.1) is 0 Å². The molecule has 1 unspecified atom stereocenters. The van der Waals surface area contributed by atoms with Crippen LogP contribution in [0.3, 0.4) is 0 Å². The van der Waals surface area contributed by atoms with Crippen molar-refractivity contribution in [2.45, 2.75) is 57.0 Å². The molecule has 2 N–H and O–H groups in total. The second-order valence-corrected chi connectivity index (χ2v) is 6.79. The van der Waals surface area contributed by atoms with Crippen molar-refractivity contribution in [3.8, 4) is 0 Å². The van der Waals surface area contributed by atoms with E-state index in [0.29, 0.717) is 32.2 Å². The molecule has 0 spiro atoms. The Morgan fingerprint density at radius 2 is 2.17 bits per heavy atom. The summed E-state index contributed by atoms with van der Waals surface area (Å²) in [6, 6.07) is 0.00345. The molecule has 1 saturated carbocycles. The van der Waals surface area contributed by atoms with Crippen molar-refractivity contribution in [3.05, 3.63) is 0 Å². The molecule has 0 amide bonds. The second kappa shape index (κ2) is 4.79. The fourth-order valence-corrected chi connectivity index (χ4v) is 4.54. The smallest absolute Gasteiger partial charge is 0.325 e. The summed E-state index contributed by atoms with van der Waals surface area (Å²) in [7, 11) is -3.67. The van der Waals surface area contributed by atoms with Crippen LogP contribution < -0.4 is 4.72 Å². The minimum absolute atomic E-state index is 0.00345. The van der Waals surface area contributed by atoms with Crippen molar-refractivity contribution in [1.82, 2.24) is 9.03 Å². The number of carboxylic acids is 1. The molecule has 2 fully saturated rings. The van der Waals surface area contributed by atoms with Gasteiger partial charge in [0.1, 0.15) is 5.54 Å². The Morgan fingerprint density at radius 3 is 2.67 bits per heavy atom. The molecule has 0 radical (unpaired) electrons. The maximum Gasteiger partial charge on any atom is 0.325 e. The number of carboxylic acid groups (broad SMARTS) is 1. The van der Waals surface area contributed by atoms with Crippen LogP contribution in [0, 0.1) is 0 Å². The zero-order valence-electron chi connectivity index (χ0n) is 10.6. The monoisotopic (exact) mass is 276 g/mol. The fraction of sp³-hybridized carbons (Fsp3) is 0.909. The Balaban J connectivity index is 2.26. The molecule has 1 aliphatic carbocycles. The van der Waals surface area contributed by atoms with E-state index in [-0.39, 0.29) is 6.04 Å². The first-order valence-electron chi connectivity index (χ1n) is 6.46. The van der Waals surface area contributed by atoms with Gasteiger partial charge in [-0.1, -0.05) is 13.3 Å². The Hall–Kier alpha value is -0.660. The molecule has 2 aliphatic rings. The summed E-state index contributed by atoms with van der Waals surface area (Å²) in [6.45, 7) is 2.18. The van der Waals surface area contributed by atoms with E-state index < -0.39 is 21.7 Å². The highest BCUT2D eigenvalue weighted by Crippen LogP contribution is 2.36. The maximum absolute atomic E-state index is 12.2. The van der Waals surface area contributed by atoms with E-state index in [9.17, 15) is 18.3 Å². The predicted octanol–water partition coefficient (Wildman–Crippen LogP) is 0.703. The minimum Gasteiger partial charge on any atom is -0.480 e. The van der Waals surface area contributed by atoms with Crippen LogP contribution in [-0.4, -0.2) is 41.9 Å². The SMILES string of the molecule is CCCC1(C(=O)O)CCCN1S(=O)(=O)NC1CC1. The molecule has 7 heteroatoms. The van der Waals surface area contributed by atoms with Gasteiger partial charge < -0.3 is 5.11 Å². The Bertz CT molecular complexity index is 432. The van der Waals surface area contributed by atoms with Crippen LogP contribution in [0.5, 0.6) is 0 Å². The third-order valence-electron chi connectivity index (χ3n) is 3.67. The van der Waals surface area contributed by atoms with Gasteiger partial charge in [-0.05, 0) is 32.1 Å². The first-order valence-corrected chi connectivity index (χ1v) is 7.90. The predicted molar refractivity (Wildman–Crippen MR) is 66.3 cm³/mol. The summed E-state index contributed by atoms with van der Waals surface area (Å²) in [5.74, 6) is -1.02.